The van der Waals surface area contributed by atoms with E-state index in [-0.39, 0.29) is 6.61 Å². The lowest BCUT2D eigenvalue weighted by molar-refractivity contribution is -0.272. The second-order valence-electron chi connectivity index (χ2n) is 3.72. The predicted molar refractivity (Wildman–Crippen MR) is 56.1 cm³/mol. The summed E-state index contributed by atoms with van der Waals surface area (Å²) in [6.07, 6.45) is 0. The van der Waals surface area contributed by atoms with Gasteiger partial charge in [-0.3, -0.25) is 9.59 Å². The highest BCUT2D eigenvalue weighted by Gasteiger charge is 2.39. The molecule has 1 N–H and O–H groups in total. The molecule has 0 bridgehead atoms. The summed E-state index contributed by atoms with van der Waals surface area (Å²) in [5, 5.41) is 8.81. The molecule has 0 radical (unpaired) electrons. The van der Waals surface area contributed by atoms with Crippen LogP contribution in [0.15, 0.2) is 0 Å². The van der Waals surface area contributed by atoms with E-state index in [0.717, 1.165) is 0 Å². The molecule has 0 aliphatic rings. The number of esters is 1. The molecule has 7 heteroatoms. The van der Waals surface area contributed by atoms with Crippen LogP contribution in [-0.2, 0) is 28.5 Å². The van der Waals surface area contributed by atoms with E-state index in [9.17, 15) is 9.59 Å². The molecule has 0 aromatic carbocycles. The van der Waals surface area contributed by atoms with Crippen LogP contribution in [0.3, 0.4) is 0 Å². The maximum atomic E-state index is 11.5. The van der Waals surface area contributed by atoms with Gasteiger partial charge in [-0.15, -0.1) is 0 Å². The third kappa shape index (κ3) is 5.12. The lowest BCUT2D eigenvalue weighted by Crippen LogP contribution is -2.38. The smallest absolute Gasteiger partial charge is 0.326 e. The molecule has 17 heavy (non-hydrogen) atoms. The van der Waals surface area contributed by atoms with Crippen molar-refractivity contribution in [3.63, 3.8) is 0 Å². The number of aliphatic carboxylic acids is 1. The fourth-order valence-corrected chi connectivity index (χ4v) is 0.700. The number of carboxylic acids is 1. The maximum absolute atomic E-state index is 11.5. The van der Waals surface area contributed by atoms with Crippen molar-refractivity contribution in [2.45, 2.75) is 20.3 Å². The third-order valence-electron chi connectivity index (χ3n) is 1.98. The average molecular weight is 250 g/mol. The second kappa shape index (κ2) is 7.21. The van der Waals surface area contributed by atoms with Crippen LogP contribution in [0.25, 0.3) is 0 Å². The zero-order valence-electron chi connectivity index (χ0n) is 10.4. The van der Waals surface area contributed by atoms with E-state index in [0.29, 0.717) is 6.61 Å². The molecule has 0 saturated heterocycles. The Morgan fingerprint density at radius 2 is 1.82 bits per heavy atom. The SMILES string of the molecule is COCCOC(OC)OC(=O)C(C)(C)C(=O)O. The fourth-order valence-electron chi connectivity index (χ4n) is 0.700. The van der Waals surface area contributed by atoms with E-state index < -0.39 is 23.8 Å². The molecule has 7 nitrogen and oxygen atoms in total. The van der Waals surface area contributed by atoms with Crippen LogP contribution in [0.2, 0.25) is 0 Å². The predicted octanol–water partition coefficient (Wildman–Crippen LogP) is 0.233. The number of hydrogen-bond acceptors (Lipinski definition) is 6. The minimum Gasteiger partial charge on any atom is -0.480 e. The first-order valence-corrected chi connectivity index (χ1v) is 4.94. The third-order valence-corrected chi connectivity index (χ3v) is 1.98. The molecule has 0 aliphatic carbocycles. The summed E-state index contributed by atoms with van der Waals surface area (Å²) in [5.74, 6) is -2.22. The van der Waals surface area contributed by atoms with E-state index in [1.807, 2.05) is 0 Å². The number of carboxylic acid groups (broad SMARTS) is 1. The van der Waals surface area contributed by atoms with Crippen molar-refractivity contribution in [2.24, 2.45) is 5.41 Å². The Labute approximate surface area is 99.6 Å². The van der Waals surface area contributed by atoms with Crippen molar-refractivity contribution in [3.8, 4) is 0 Å². The van der Waals surface area contributed by atoms with Gasteiger partial charge >= 0.3 is 18.4 Å². The van der Waals surface area contributed by atoms with Gasteiger partial charge in [-0.2, -0.15) is 0 Å². The van der Waals surface area contributed by atoms with Crippen molar-refractivity contribution in [3.05, 3.63) is 0 Å². The highest BCUT2D eigenvalue weighted by Crippen LogP contribution is 2.18. The molecular formula is C10H18O7. The number of ether oxygens (including phenoxy) is 4. The first-order valence-electron chi connectivity index (χ1n) is 4.94. The van der Waals surface area contributed by atoms with Crippen LogP contribution in [-0.4, -0.2) is 51.0 Å². The molecule has 1 atom stereocenters. The highest BCUT2D eigenvalue weighted by molar-refractivity contribution is 5.98. The van der Waals surface area contributed by atoms with Crippen LogP contribution in [0, 0.1) is 5.41 Å². The monoisotopic (exact) mass is 250 g/mol. The zero-order valence-corrected chi connectivity index (χ0v) is 10.4. The summed E-state index contributed by atoms with van der Waals surface area (Å²) in [5.41, 5.74) is -1.65. The molecule has 0 rings (SSSR count). The minimum absolute atomic E-state index is 0.162. The molecule has 0 aliphatic heterocycles. The number of rotatable bonds is 8. The van der Waals surface area contributed by atoms with Gasteiger partial charge in [0.15, 0.2) is 5.41 Å². The number of hydrogen-bond donors (Lipinski definition) is 1. The van der Waals surface area contributed by atoms with Crippen molar-refractivity contribution in [1.82, 2.24) is 0 Å². The molecular weight excluding hydrogens is 232 g/mol. The molecule has 0 amide bonds. The summed E-state index contributed by atoms with van der Waals surface area (Å²) in [6, 6.07) is 0. The van der Waals surface area contributed by atoms with Crippen LogP contribution >= 0.6 is 0 Å². The van der Waals surface area contributed by atoms with Crippen molar-refractivity contribution >= 4 is 11.9 Å². The van der Waals surface area contributed by atoms with Crippen molar-refractivity contribution in [1.29, 1.82) is 0 Å². The number of carbonyl (C=O) groups excluding carboxylic acids is 1. The van der Waals surface area contributed by atoms with Crippen LogP contribution in [0.5, 0.6) is 0 Å². The van der Waals surface area contributed by atoms with E-state index in [1.165, 1.54) is 28.1 Å². The Morgan fingerprint density at radius 1 is 1.24 bits per heavy atom. The molecule has 100 valence electrons. The van der Waals surface area contributed by atoms with Gasteiger partial charge in [-0.05, 0) is 13.8 Å². The molecule has 0 aromatic rings. The molecule has 0 aromatic heterocycles. The topological polar surface area (TPSA) is 91.3 Å². The quantitative estimate of drug-likeness (QED) is 0.285. The fraction of sp³-hybridized carbons (Fsp3) is 0.800. The largest absolute Gasteiger partial charge is 0.480 e. The zero-order chi connectivity index (χ0) is 13.5. The first-order chi connectivity index (χ1) is 7.86. The normalized spacial score (nSPS) is 13.2. The molecule has 0 heterocycles. The number of carbonyl (C=O) groups is 2. The van der Waals surface area contributed by atoms with Gasteiger partial charge in [0.05, 0.1) is 13.2 Å². The summed E-state index contributed by atoms with van der Waals surface area (Å²) in [7, 11) is 2.77. The standard InChI is InChI=1S/C10H18O7/c1-10(2,7(11)12)8(13)17-9(15-4)16-6-5-14-3/h9H,5-6H2,1-4H3,(H,11,12). The van der Waals surface area contributed by atoms with Gasteiger partial charge < -0.3 is 24.1 Å². The second-order valence-corrected chi connectivity index (χ2v) is 3.72. The number of methoxy groups -OCH3 is 2. The Hall–Kier alpha value is -1.18. The lowest BCUT2D eigenvalue weighted by atomic mass is 9.94. The van der Waals surface area contributed by atoms with Crippen molar-refractivity contribution in [2.75, 3.05) is 27.4 Å². The Balaban J connectivity index is 4.28. The Bertz CT molecular complexity index is 261. The molecule has 0 spiro atoms. The van der Waals surface area contributed by atoms with Crippen LogP contribution in [0.1, 0.15) is 13.8 Å². The van der Waals surface area contributed by atoms with E-state index in [2.05, 4.69) is 0 Å². The molecule has 0 fully saturated rings. The Morgan fingerprint density at radius 3 is 2.24 bits per heavy atom. The van der Waals surface area contributed by atoms with Gasteiger partial charge in [0.2, 0.25) is 0 Å². The maximum Gasteiger partial charge on any atom is 0.326 e. The summed E-state index contributed by atoms with van der Waals surface area (Å²) in [4.78, 5) is 22.3. The van der Waals surface area contributed by atoms with Crippen LogP contribution < -0.4 is 0 Å². The summed E-state index contributed by atoms with van der Waals surface area (Å²) >= 11 is 0. The van der Waals surface area contributed by atoms with E-state index >= 15 is 0 Å². The van der Waals surface area contributed by atoms with Gasteiger partial charge in [0.1, 0.15) is 0 Å². The molecule has 0 saturated carbocycles. The average Bonchev–Trinajstić information content (AvgIpc) is 2.27. The van der Waals surface area contributed by atoms with Crippen molar-refractivity contribution < 1.29 is 33.6 Å². The first kappa shape index (κ1) is 15.8. The summed E-state index contributed by atoms with van der Waals surface area (Å²) in [6.45, 7) is 1.70. The van der Waals surface area contributed by atoms with Gasteiger partial charge in [-0.1, -0.05) is 0 Å². The highest BCUT2D eigenvalue weighted by atomic mass is 16.9. The lowest BCUT2D eigenvalue weighted by Gasteiger charge is -2.22. The van der Waals surface area contributed by atoms with Gasteiger partial charge in [0, 0.05) is 14.2 Å². The minimum atomic E-state index is -1.65. The van der Waals surface area contributed by atoms with Gasteiger partial charge in [-0.25, -0.2) is 0 Å². The van der Waals surface area contributed by atoms with Gasteiger partial charge in [0.25, 0.3) is 0 Å². The van der Waals surface area contributed by atoms with Crippen LogP contribution in [0.4, 0.5) is 0 Å². The summed E-state index contributed by atoms with van der Waals surface area (Å²) < 4.78 is 19.2. The van der Waals surface area contributed by atoms with E-state index in [1.54, 1.807) is 0 Å². The Kier molecular flexibility index (Phi) is 6.71. The molecule has 1 unspecified atom stereocenters. The van der Waals surface area contributed by atoms with E-state index in [4.69, 9.17) is 24.1 Å².